The van der Waals surface area contributed by atoms with Crippen molar-refractivity contribution in [1.82, 2.24) is 0 Å². The molecule has 5 aromatic rings. The van der Waals surface area contributed by atoms with Gasteiger partial charge in [-0.3, -0.25) is 0 Å². The Hall–Kier alpha value is -3.60. The lowest BCUT2D eigenvalue weighted by atomic mass is 9.48. The lowest BCUT2D eigenvalue weighted by Crippen LogP contribution is -2.78. The summed E-state index contributed by atoms with van der Waals surface area (Å²) >= 11 is 0. The summed E-state index contributed by atoms with van der Waals surface area (Å²) in [5.41, 5.74) is 11.5. The molecule has 0 fully saturated rings. The Morgan fingerprint density at radius 1 is 0.537 bits per heavy atom. The molecule has 0 bridgehead atoms. The highest BCUT2D eigenvalue weighted by atomic mass is 28.3. The molecule has 200 valence electrons. The van der Waals surface area contributed by atoms with Crippen LogP contribution in [0.3, 0.4) is 0 Å². The van der Waals surface area contributed by atoms with E-state index in [-0.39, 0.29) is 12.3 Å². The van der Waals surface area contributed by atoms with Crippen LogP contribution in [-0.2, 0) is 5.41 Å². The molecular formula is C37H36BNSi2. The molecule has 8 rings (SSSR count). The first kappa shape index (κ1) is 25.1. The van der Waals surface area contributed by atoms with Gasteiger partial charge in [0.05, 0.1) is 0 Å². The summed E-state index contributed by atoms with van der Waals surface area (Å²) < 4.78 is 0. The van der Waals surface area contributed by atoms with Gasteiger partial charge in [0, 0.05) is 16.8 Å². The molecule has 0 saturated carbocycles. The zero-order valence-corrected chi connectivity index (χ0v) is 26.9. The Labute approximate surface area is 247 Å². The monoisotopic (exact) mass is 561 g/mol. The van der Waals surface area contributed by atoms with Gasteiger partial charge in [0.2, 0.25) is 0 Å². The summed E-state index contributed by atoms with van der Waals surface area (Å²) in [5.74, 6) is 0. The molecule has 2 heterocycles. The highest BCUT2D eigenvalue weighted by Gasteiger charge is 2.51. The van der Waals surface area contributed by atoms with E-state index in [9.17, 15) is 0 Å². The van der Waals surface area contributed by atoms with Gasteiger partial charge >= 0.3 is 6.85 Å². The molecule has 1 aliphatic carbocycles. The van der Waals surface area contributed by atoms with Gasteiger partial charge in [-0.25, -0.2) is 0 Å². The third kappa shape index (κ3) is 3.12. The Kier molecular flexibility index (Phi) is 5.05. The van der Waals surface area contributed by atoms with E-state index in [4.69, 9.17) is 0 Å². The molecule has 0 amide bonds. The standard InChI is InChI=1S/C37H36BNSi2/c1-37(2)27-16-8-7-15-25(27)26-23-24-34-36(35(26)37)39(30-19-11-14-22-33(30)41(34,5)6)38-28-17-9-12-20-31(28)40(3,4)32-21-13-10-18-29(32)38/h7-24H,1-6H3. The Bertz CT molecular complexity index is 1850. The summed E-state index contributed by atoms with van der Waals surface area (Å²) in [7, 11) is -3.86. The zero-order chi connectivity index (χ0) is 28.3. The number of rotatable bonds is 1. The maximum atomic E-state index is 2.79. The number of nitrogens with zero attached hydrogens (tertiary/aromatic N) is 1. The van der Waals surface area contributed by atoms with Crippen LogP contribution in [0.4, 0.5) is 11.4 Å². The molecule has 0 atom stereocenters. The van der Waals surface area contributed by atoms with Gasteiger partial charge in [-0.2, -0.15) is 0 Å². The molecule has 2 aliphatic heterocycles. The molecule has 0 radical (unpaired) electrons. The van der Waals surface area contributed by atoms with Crippen molar-refractivity contribution in [3.05, 3.63) is 120 Å². The predicted octanol–water partition coefficient (Wildman–Crippen LogP) is 5.21. The average Bonchev–Trinajstić information content (AvgIpc) is 3.21. The van der Waals surface area contributed by atoms with Crippen LogP contribution >= 0.6 is 0 Å². The lowest BCUT2D eigenvalue weighted by Gasteiger charge is -2.49. The van der Waals surface area contributed by atoms with E-state index in [0.29, 0.717) is 0 Å². The summed E-state index contributed by atoms with van der Waals surface area (Å²) in [6.07, 6.45) is 0. The van der Waals surface area contributed by atoms with Crippen molar-refractivity contribution >= 4 is 66.0 Å². The van der Waals surface area contributed by atoms with E-state index in [1.165, 1.54) is 49.7 Å². The van der Waals surface area contributed by atoms with Crippen molar-refractivity contribution in [2.45, 2.75) is 45.5 Å². The van der Waals surface area contributed by atoms with Crippen LogP contribution in [0.15, 0.2) is 109 Å². The zero-order valence-electron chi connectivity index (χ0n) is 24.9. The molecule has 0 unspecified atom stereocenters. The maximum Gasteiger partial charge on any atom is 0.327 e. The van der Waals surface area contributed by atoms with Crippen molar-refractivity contribution < 1.29 is 0 Å². The molecule has 1 nitrogen and oxygen atoms in total. The van der Waals surface area contributed by atoms with Crippen LogP contribution in [0.2, 0.25) is 26.2 Å². The maximum absolute atomic E-state index is 2.79. The molecule has 4 heteroatoms. The minimum Gasteiger partial charge on any atom is -0.377 e. The van der Waals surface area contributed by atoms with E-state index < -0.39 is 16.1 Å². The van der Waals surface area contributed by atoms with Crippen molar-refractivity contribution in [3.8, 4) is 11.1 Å². The van der Waals surface area contributed by atoms with Crippen molar-refractivity contribution in [3.63, 3.8) is 0 Å². The van der Waals surface area contributed by atoms with Gasteiger partial charge in [0.25, 0.3) is 0 Å². The summed E-state index contributed by atoms with van der Waals surface area (Å²) in [4.78, 5) is 2.79. The normalized spacial score (nSPS) is 18.0. The van der Waals surface area contributed by atoms with E-state index in [1.807, 2.05) is 0 Å². The third-order valence-corrected chi connectivity index (χ3v) is 17.7. The Balaban J connectivity index is 1.52. The minimum atomic E-state index is -1.99. The number of anilines is 2. The van der Waals surface area contributed by atoms with Crippen LogP contribution in [0.5, 0.6) is 0 Å². The molecule has 5 aromatic carbocycles. The number of fused-ring (bicyclic) bond motifs is 8. The lowest BCUT2D eigenvalue weighted by molar-refractivity contribution is 0.661. The SMILES string of the molecule is CC1(C)c2ccccc2-c2ccc3c(c21)N(B1c2ccccc2[Si](C)(C)c2ccccc21)c1ccccc1[Si]3(C)C. The van der Waals surface area contributed by atoms with Gasteiger partial charge < -0.3 is 4.81 Å². The van der Waals surface area contributed by atoms with Gasteiger partial charge in [-0.1, -0.05) is 164 Å². The third-order valence-electron chi connectivity index (χ3n) is 10.6. The van der Waals surface area contributed by atoms with Gasteiger partial charge in [0.15, 0.2) is 0 Å². The summed E-state index contributed by atoms with van der Waals surface area (Å²) in [6.45, 7) is 15.2. The topological polar surface area (TPSA) is 3.24 Å². The van der Waals surface area contributed by atoms with Gasteiger partial charge in [0.1, 0.15) is 16.1 Å². The predicted molar refractivity (Wildman–Crippen MR) is 184 cm³/mol. The van der Waals surface area contributed by atoms with Gasteiger partial charge in [-0.15, -0.1) is 0 Å². The van der Waals surface area contributed by atoms with Crippen molar-refractivity contribution in [2.24, 2.45) is 0 Å². The number of para-hydroxylation sites is 1. The molecule has 41 heavy (non-hydrogen) atoms. The highest BCUT2D eigenvalue weighted by molar-refractivity contribution is 7.12. The minimum absolute atomic E-state index is 0.0893. The first-order chi connectivity index (χ1) is 19.6. The van der Waals surface area contributed by atoms with Crippen LogP contribution < -0.4 is 36.5 Å². The average molecular weight is 562 g/mol. The number of benzene rings is 5. The van der Waals surface area contributed by atoms with Crippen molar-refractivity contribution in [1.29, 1.82) is 0 Å². The van der Waals surface area contributed by atoms with E-state index >= 15 is 0 Å². The first-order valence-electron chi connectivity index (χ1n) is 15.0. The largest absolute Gasteiger partial charge is 0.377 e. The Morgan fingerprint density at radius 2 is 1.07 bits per heavy atom. The van der Waals surface area contributed by atoms with Gasteiger partial charge in [-0.05, 0) is 38.7 Å². The molecule has 0 N–H and O–H groups in total. The second kappa shape index (κ2) is 8.24. The van der Waals surface area contributed by atoms with E-state index in [2.05, 4.69) is 154 Å². The molecular weight excluding hydrogens is 525 g/mol. The molecule has 0 saturated heterocycles. The molecule has 0 aromatic heterocycles. The van der Waals surface area contributed by atoms with Crippen LogP contribution in [0, 0.1) is 0 Å². The first-order valence-corrected chi connectivity index (χ1v) is 21.0. The fourth-order valence-corrected chi connectivity index (χ4v) is 14.7. The number of hydrogen-bond acceptors (Lipinski definition) is 1. The molecule has 3 aliphatic rings. The highest BCUT2D eigenvalue weighted by Crippen LogP contribution is 2.53. The number of hydrogen-bond donors (Lipinski definition) is 0. The van der Waals surface area contributed by atoms with E-state index in [0.717, 1.165) is 0 Å². The van der Waals surface area contributed by atoms with Crippen molar-refractivity contribution in [2.75, 3.05) is 4.81 Å². The Morgan fingerprint density at radius 3 is 1.76 bits per heavy atom. The van der Waals surface area contributed by atoms with E-state index in [1.54, 1.807) is 15.6 Å². The fraction of sp³-hybridized carbons (Fsp3) is 0.189. The smallest absolute Gasteiger partial charge is 0.327 e. The fourth-order valence-electron chi connectivity index (χ4n) is 8.55. The van der Waals surface area contributed by atoms with Crippen LogP contribution in [-0.4, -0.2) is 23.0 Å². The van der Waals surface area contributed by atoms with Crippen LogP contribution in [0.1, 0.15) is 25.0 Å². The second-order valence-electron chi connectivity index (χ2n) is 13.8. The summed E-state index contributed by atoms with van der Waals surface area (Å²) in [5, 5.41) is 6.24. The van der Waals surface area contributed by atoms with Crippen LogP contribution in [0.25, 0.3) is 11.1 Å². The summed E-state index contributed by atoms with van der Waals surface area (Å²) in [6, 6.07) is 42.1. The second-order valence-corrected chi connectivity index (χ2v) is 22.4. The quantitative estimate of drug-likeness (QED) is 0.254. The molecule has 0 spiro atoms.